The molecule has 3 aromatic rings. The highest BCUT2D eigenvalue weighted by molar-refractivity contribution is 7.15. The Morgan fingerprint density at radius 2 is 2.25 bits per heavy atom. The largest absolute Gasteiger partial charge is 0.465 e. The van der Waals surface area contributed by atoms with Crippen LogP contribution in [0.2, 0.25) is 0 Å². The van der Waals surface area contributed by atoms with Crippen molar-refractivity contribution in [2.75, 3.05) is 14.2 Å². The van der Waals surface area contributed by atoms with Crippen molar-refractivity contribution in [2.24, 2.45) is 0 Å². The molecule has 0 bridgehead atoms. The zero-order chi connectivity index (χ0) is 17.3. The van der Waals surface area contributed by atoms with Gasteiger partial charge in [-0.25, -0.2) is 9.78 Å². The molecule has 8 heteroatoms. The molecule has 0 saturated carbocycles. The van der Waals surface area contributed by atoms with Crippen molar-refractivity contribution < 1.29 is 18.7 Å². The fourth-order valence-electron chi connectivity index (χ4n) is 2.41. The lowest BCUT2D eigenvalue weighted by molar-refractivity contribution is -0.130. The molecule has 0 saturated heterocycles. The average Bonchev–Trinajstić information content (AvgIpc) is 3.21. The normalized spacial score (nSPS) is 11.0. The summed E-state index contributed by atoms with van der Waals surface area (Å²) >= 11 is 1.52. The highest BCUT2D eigenvalue weighted by Crippen LogP contribution is 2.18. The molecule has 0 aromatic carbocycles. The fraction of sp³-hybridized carbons (Fsp3) is 0.312. The van der Waals surface area contributed by atoms with Crippen molar-refractivity contribution in [3.63, 3.8) is 0 Å². The van der Waals surface area contributed by atoms with Gasteiger partial charge in [0.1, 0.15) is 17.1 Å². The van der Waals surface area contributed by atoms with Gasteiger partial charge in [-0.2, -0.15) is 0 Å². The Balaban J connectivity index is 1.65. The number of nitrogens with zero attached hydrogens (tertiary/aromatic N) is 3. The molecule has 0 aliphatic heterocycles. The van der Waals surface area contributed by atoms with Crippen LogP contribution in [-0.2, 0) is 22.5 Å². The van der Waals surface area contributed by atoms with Crippen LogP contribution in [0.3, 0.4) is 0 Å². The maximum atomic E-state index is 12.3. The van der Waals surface area contributed by atoms with E-state index in [-0.39, 0.29) is 18.9 Å². The van der Waals surface area contributed by atoms with E-state index in [9.17, 15) is 9.59 Å². The molecule has 0 N–H and O–H groups in total. The van der Waals surface area contributed by atoms with E-state index in [1.54, 1.807) is 24.9 Å². The predicted molar refractivity (Wildman–Crippen MR) is 88.0 cm³/mol. The van der Waals surface area contributed by atoms with Gasteiger partial charge in [0.2, 0.25) is 5.91 Å². The van der Waals surface area contributed by atoms with Crippen LogP contribution in [0, 0.1) is 6.92 Å². The predicted octanol–water partition coefficient (Wildman–Crippen LogP) is 2.28. The van der Waals surface area contributed by atoms with Gasteiger partial charge in [-0.15, -0.1) is 11.3 Å². The first-order valence-corrected chi connectivity index (χ1v) is 8.18. The second-order valence-electron chi connectivity index (χ2n) is 5.43. The molecule has 3 aromatic heterocycles. The number of aryl methyl sites for hydroxylation is 1. The number of amides is 1. The van der Waals surface area contributed by atoms with E-state index in [0.717, 1.165) is 10.7 Å². The van der Waals surface area contributed by atoms with E-state index in [0.29, 0.717) is 17.1 Å². The monoisotopic (exact) mass is 347 g/mol. The standard InChI is InChI=1S/C16H17N3O4S/c1-10-13(15(21)22-3)7-12(23-10)9-18(2)14(20)6-11-8-19-4-5-24-16(19)17-11/h4-5,7-8H,6,9H2,1-3H3. The number of aromatic nitrogens is 2. The second-order valence-corrected chi connectivity index (χ2v) is 6.30. The van der Waals surface area contributed by atoms with E-state index in [1.165, 1.54) is 18.4 Å². The molecular formula is C16H17N3O4S. The number of carbonyl (C=O) groups is 2. The maximum absolute atomic E-state index is 12.3. The van der Waals surface area contributed by atoms with Gasteiger partial charge in [0.25, 0.3) is 0 Å². The number of ether oxygens (including phenoxy) is 1. The van der Waals surface area contributed by atoms with E-state index < -0.39 is 5.97 Å². The highest BCUT2D eigenvalue weighted by Gasteiger charge is 2.18. The topological polar surface area (TPSA) is 77.0 Å². The minimum atomic E-state index is -0.449. The van der Waals surface area contributed by atoms with Crippen molar-refractivity contribution in [1.82, 2.24) is 14.3 Å². The molecule has 3 rings (SSSR count). The summed E-state index contributed by atoms with van der Waals surface area (Å²) in [6.45, 7) is 1.97. The number of methoxy groups -OCH3 is 1. The quantitative estimate of drug-likeness (QED) is 0.662. The average molecular weight is 347 g/mol. The van der Waals surface area contributed by atoms with Gasteiger partial charge in [-0.1, -0.05) is 0 Å². The van der Waals surface area contributed by atoms with Gasteiger partial charge in [0.15, 0.2) is 4.96 Å². The molecule has 126 valence electrons. The smallest absolute Gasteiger partial charge is 0.341 e. The van der Waals surface area contributed by atoms with E-state index in [1.807, 2.05) is 22.2 Å². The summed E-state index contributed by atoms with van der Waals surface area (Å²) in [6.07, 6.45) is 3.98. The summed E-state index contributed by atoms with van der Waals surface area (Å²) in [4.78, 5) is 30.8. The summed E-state index contributed by atoms with van der Waals surface area (Å²) < 4.78 is 12.1. The molecule has 3 heterocycles. The summed E-state index contributed by atoms with van der Waals surface area (Å²) in [7, 11) is 3.01. The molecule has 0 aliphatic rings. The Morgan fingerprint density at radius 1 is 1.46 bits per heavy atom. The van der Waals surface area contributed by atoms with Crippen LogP contribution < -0.4 is 0 Å². The second kappa shape index (κ2) is 6.48. The molecule has 0 aliphatic carbocycles. The van der Waals surface area contributed by atoms with Crippen LogP contribution in [0.25, 0.3) is 4.96 Å². The summed E-state index contributed by atoms with van der Waals surface area (Å²) in [5.41, 5.74) is 1.10. The van der Waals surface area contributed by atoms with Crippen molar-refractivity contribution in [3.8, 4) is 0 Å². The Morgan fingerprint density at radius 3 is 2.96 bits per heavy atom. The van der Waals surface area contributed by atoms with Crippen molar-refractivity contribution in [3.05, 3.63) is 46.6 Å². The minimum Gasteiger partial charge on any atom is -0.465 e. The molecule has 0 unspecified atom stereocenters. The zero-order valence-corrected chi connectivity index (χ0v) is 14.4. The number of likely N-dealkylation sites (N-methyl/N-ethyl adjacent to an activating group) is 1. The number of imidazole rings is 1. The summed E-state index contributed by atoms with van der Waals surface area (Å²) in [5, 5.41) is 1.94. The Bertz CT molecular complexity index is 864. The number of thiazole rings is 1. The van der Waals surface area contributed by atoms with Crippen LogP contribution in [0.15, 0.2) is 28.3 Å². The van der Waals surface area contributed by atoms with Crippen molar-refractivity contribution >= 4 is 28.2 Å². The molecule has 7 nitrogen and oxygen atoms in total. The number of hydrogen-bond donors (Lipinski definition) is 0. The molecule has 0 atom stereocenters. The number of rotatable bonds is 5. The molecule has 24 heavy (non-hydrogen) atoms. The van der Waals surface area contributed by atoms with Crippen LogP contribution in [0.5, 0.6) is 0 Å². The van der Waals surface area contributed by atoms with Crippen LogP contribution in [0.4, 0.5) is 0 Å². The summed E-state index contributed by atoms with van der Waals surface area (Å²) in [6, 6.07) is 1.61. The first-order chi connectivity index (χ1) is 11.5. The number of furan rings is 1. The first kappa shape index (κ1) is 16.3. The number of hydrogen-bond acceptors (Lipinski definition) is 6. The Hall–Kier alpha value is -2.61. The number of carbonyl (C=O) groups excluding carboxylic acids is 2. The van der Waals surface area contributed by atoms with Gasteiger partial charge < -0.3 is 14.1 Å². The fourth-order valence-corrected chi connectivity index (χ4v) is 3.13. The van der Waals surface area contributed by atoms with Crippen LogP contribution >= 0.6 is 11.3 Å². The zero-order valence-electron chi connectivity index (χ0n) is 13.6. The SMILES string of the molecule is COC(=O)c1cc(CN(C)C(=O)Cc2cn3ccsc3n2)oc1C. The maximum Gasteiger partial charge on any atom is 0.341 e. The van der Waals surface area contributed by atoms with Gasteiger partial charge in [-0.3, -0.25) is 9.20 Å². The Labute approximate surface area is 142 Å². The van der Waals surface area contributed by atoms with Gasteiger partial charge in [-0.05, 0) is 13.0 Å². The first-order valence-electron chi connectivity index (χ1n) is 7.30. The van der Waals surface area contributed by atoms with E-state index >= 15 is 0 Å². The summed E-state index contributed by atoms with van der Waals surface area (Å²) in [5.74, 6) is 0.491. The lowest BCUT2D eigenvalue weighted by Gasteiger charge is -2.14. The minimum absolute atomic E-state index is 0.0746. The van der Waals surface area contributed by atoms with Crippen molar-refractivity contribution in [2.45, 2.75) is 19.9 Å². The Kier molecular flexibility index (Phi) is 4.39. The van der Waals surface area contributed by atoms with Gasteiger partial charge >= 0.3 is 5.97 Å². The molecule has 0 spiro atoms. The molecule has 0 radical (unpaired) electrons. The number of fused-ring (bicyclic) bond motifs is 1. The molecule has 0 fully saturated rings. The lowest BCUT2D eigenvalue weighted by atomic mass is 10.2. The highest BCUT2D eigenvalue weighted by atomic mass is 32.1. The third kappa shape index (κ3) is 3.18. The molecular weight excluding hydrogens is 330 g/mol. The van der Waals surface area contributed by atoms with Gasteiger partial charge in [0.05, 0.1) is 25.8 Å². The van der Waals surface area contributed by atoms with Crippen molar-refractivity contribution in [1.29, 1.82) is 0 Å². The molecule has 1 amide bonds. The number of esters is 1. The van der Waals surface area contributed by atoms with E-state index in [2.05, 4.69) is 4.98 Å². The van der Waals surface area contributed by atoms with E-state index in [4.69, 9.17) is 9.15 Å². The van der Waals surface area contributed by atoms with Crippen LogP contribution in [-0.4, -0.2) is 40.3 Å². The third-order valence-corrected chi connectivity index (χ3v) is 4.44. The van der Waals surface area contributed by atoms with Gasteiger partial charge in [0, 0.05) is 24.8 Å². The lowest BCUT2D eigenvalue weighted by Crippen LogP contribution is -2.27. The third-order valence-electron chi connectivity index (χ3n) is 3.67. The van der Waals surface area contributed by atoms with Crippen LogP contribution in [0.1, 0.15) is 27.6 Å².